The van der Waals surface area contributed by atoms with Crippen molar-refractivity contribution in [2.45, 2.75) is 13.0 Å². The second kappa shape index (κ2) is 9.17. The quantitative estimate of drug-likeness (QED) is 0.795. The van der Waals surface area contributed by atoms with Gasteiger partial charge in [-0.1, -0.05) is 23.7 Å². The van der Waals surface area contributed by atoms with E-state index in [1.54, 1.807) is 12.1 Å². The first-order valence-corrected chi connectivity index (χ1v) is 9.56. The Bertz CT molecular complexity index is 820. The predicted molar refractivity (Wildman–Crippen MR) is 110 cm³/mol. The number of amides is 1. The fourth-order valence-electron chi connectivity index (χ4n) is 3.21. The fraction of sp³-hybridized carbons (Fsp3) is 0.381. The monoisotopic (exact) mass is 404 g/mol. The average Bonchev–Trinajstić information content (AvgIpc) is 2.73. The van der Waals surface area contributed by atoms with Gasteiger partial charge in [0.2, 0.25) is 0 Å². The third kappa shape index (κ3) is 4.51. The molecule has 0 saturated carbocycles. The summed E-state index contributed by atoms with van der Waals surface area (Å²) in [7, 11) is 3.01. The number of benzene rings is 2. The molecule has 1 aliphatic rings. The molecule has 7 heteroatoms. The van der Waals surface area contributed by atoms with Crippen molar-refractivity contribution in [2.75, 3.05) is 45.4 Å². The number of anilines is 1. The highest BCUT2D eigenvalue weighted by Crippen LogP contribution is 2.36. The molecule has 1 N–H and O–H groups in total. The molecule has 3 rings (SSSR count). The molecule has 0 bridgehead atoms. The number of nitrogens with zero attached hydrogens (tertiary/aromatic N) is 1. The molecule has 0 aliphatic carbocycles. The fourth-order valence-corrected chi connectivity index (χ4v) is 3.50. The van der Waals surface area contributed by atoms with Crippen LogP contribution in [0.25, 0.3) is 0 Å². The lowest BCUT2D eigenvalue weighted by atomic mass is 10.1. The summed E-state index contributed by atoms with van der Waals surface area (Å²) < 4.78 is 15.9. The summed E-state index contributed by atoms with van der Waals surface area (Å²) in [5.74, 6) is 0.600. The van der Waals surface area contributed by atoms with Crippen molar-refractivity contribution in [3.63, 3.8) is 0 Å². The summed E-state index contributed by atoms with van der Waals surface area (Å²) in [6.07, 6.45) is 0. The lowest BCUT2D eigenvalue weighted by molar-refractivity contribution is 0.0939. The number of methoxy groups -OCH3 is 2. The van der Waals surface area contributed by atoms with E-state index in [1.165, 1.54) is 14.2 Å². The highest BCUT2D eigenvalue weighted by molar-refractivity contribution is 6.32. The summed E-state index contributed by atoms with van der Waals surface area (Å²) in [5.41, 5.74) is 2.61. The molecule has 1 aliphatic heterocycles. The van der Waals surface area contributed by atoms with Gasteiger partial charge in [0, 0.05) is 24.3 Å². The van der Waals surface area contributed by atoms with Gasteiger partial charge in [0.15, 0.2) is 11.5 Å². The Morgan fingerprint density at radius 1 is 1.14 bits per heavy atom. The van der Waals surface area contributed by atoms with E-state index in [0.29, 0.717) is 22.1 Å². The van der Waals surface area contributed by atoms with E-state index in [1.807, 2.05) is 19.1 Å². The number of morpholine rings is 1. The molecule has 2 aromatic rings. The number of ether oxygens (including phenoxy) is 3. The Morgan fingerprint density at radius 3 is 2.43 bits per heavy atom. The highest BCUT2D eigenvalue weighted by atomic mass is 35.5. The summed E-state index contributed by atoms with van der Waals surface area (Å²) in [6.45, 7) is 5.24. The van der Waals surface area contributed by atoms with Crippen molar-refractivity contribution in [3.05, 3.63) is 52.5 Å². The largest absolute Gasteiger partial charge is 0.493 e. The molecule has 1 heterocycles. The van der Waals surface area contributed by atoms with Gasteiger partial charge in [0.1, 0.15) is 0 Å². The van der Waals surface area contributed by atoms with Gasteiger partial charge >= 0.3 is 0 Å². The molecule has 6 nitrogen and oxygen atoms in total. The summed E-state index contributed by atoms with van der Waals surface area (Å²) in [4.78, 5) is 15.0. The number of hydrogen-bond acceptors (Lipinski definition) is 5. The van der Waals surface area contributed by atoms with Crippen molar-refractivity contribution in [2.24, 2.45) is 0 Å². The summed E-state index contributed by atoms with van der Waals surface area (Å²) in [5, 5.41) is 3.33. The molecule has 1 atom stereocenters. The predicted octanol–water partition coefficient (Wildman–Crippen LogP) is 3.68. The minimum Gasteiger partial charge on any atom is -0.493 e. The zero-order chi connectivity index (χ0) is 20.1. The van der Waals surface area contributed by atoms with Gasteiger partial charge < -0.3 is 24.4 Å². The average molecular weight is 405 g/mol. The van der Waals surface area contributed by atoms with Gasteiger partial charge in [-0.25, -0.2) is 0 Å². The SMILES string of the molecule is COc1cc(C(=O)NC(C)c2ccc(N3CCOCC3)cc2)cc(Cl)c1OC. The standard InChI is InChI=1S/C21H25ClN2O4/c1-14(15-4-6-17(7-5-15)24-8-10-28-11-9-24)23-21(25)16-12-18(22)20(27-3)19(13-16)26-2/h4-7,12-14H,8-11H2,1-3H3,(H,23,25). The maximum absolute atomic E-state index is 12.7. The van der Waals surface area contributed by atoms with Crippen LogP contribution in [0.3, 0.4) is 0 Å². The van der Waals surface area contributed by atoms with Crippen LogP contribution in [0.1, 0.15) is 28.9 Å². The number of carbonyl (C=O) groups is 1. The molecule has 1 saturated heterocycles. The Balaban J connectivity index is 1.69. The third-order valence-corrected chi connectivity index (χ3v) is 5.09. The van der Waals surface area contributed by atoms with E-state index < -0.39 is 0 Å². The first-order valence-electron chi connectivity index (χ1n) is 9.18. The van der Waals surface area contributed by atoms with Crippen molar-refractivity contribution in [1.82, 2.24) is 5.32 Å². The first kappa shape index (κ1) is 20.3. The number of rotatable bonds is 6. The lowest BCUT2D eigenvalue weighted by Crippen LogP contribution is -2.36. The van der Waals surface area contributed by atoms with Crippen molar-refractivity contribution in [1.29, 1.82) is 0 Å². The van der Waals surface area contributed by atoms with E-state index in [9.17, 15) is 4.79 Å². The Hall–Kier alpha value is -2.44. The van der Waals surface area contributed by atoms with Crippen LogP contribution in [0.15, 0.2) is 36.4 Å². The molecule has 0 spiro atoms. The van der Waals surface area contributed by atoms with Crippen LogP contribution < -0.4 is 19.7 Å². The summed E-state index contributed by atoms with van der Waals surface area (Å²) in [6, 6.07) is 11.3. The molecule has 0 radical (unpaired) electrons. The molecular weight excluding hydrogens is 380 g/mol. The van der Waals surface area contributed by atoms with Crippen molar-refractivity contribution >= 4 is 23.2 Å². The molecule has 2 aromatic carbocycles. The lowest BCUT2D eigenvalue weighted by Gasteiger charge is -2.29. The van der Waals surface area contributed by atoms with E-state index in [0.717, 1.165) is 37.6 Å². The van der Waals surface area contributed by atoms with Crippen LogP contribution in [0.5, 0.6) is 11.5 Å². The van der Waals surface area contributed by atoms with Crippen LogP contribution >= 0.6 is 11.6 Å². The first-order chi connectivity index (χ1) is 13.5. The topological polar surface area (TPSA) is 60.0 Å². The molecule has 0 aromatic heterocycles. The van der Waals surface area contributed by atoms with E-state index in [2.05, 4.69) is 22.3 Å². The van der Waals surface area contributed by atoms with Crippen LogP contribution in [0, 0.1) is 0 Å². The number of carbonyl (C=O) groups excluding carboxylic acids is 1. The van der Waals surface area contributed by atoms with Gasteiger partial charge in [-0.3, -0.25) is 4.79 Å². The van der Waals surface area contributed by atoms with Gasteiger partial charge in [0.05, 0.1) is 38.5 Å². The van der Waals surface area contributed by atoms with Crippen LogP contribution in [-0.4, -0.2) is 46.4 Å². The zero-order valence-electron chi connectivity index (χ0n) is 16.3. The third-order valence-electron chi connectivity index (χ3n) is 4.81. The van der Waals surface area contributed by atoms with Gasteiger partial charge in [-0.05, 0) is 36.8 Å². The van der Waals surface area contributed by atoms with E-state index in [4.69, 9.17) is 25.8 Å². The zero-order valence-corrected chi connectivity index (χ0v) is 17.1. The van der Waals surface area contributed by atoms with Gasteiger partial charge in [0.25, 0.3) is 5.91 Å². The Kier molecular flexibility index (Phi) is 6.65. The highest BCUT2D eigenvalue weighted by Gasteiger charge is 2.18. The Morgan fingerprint density at radius 2 is 1.82 bits per heavy atom. The van der Waals surface area contributed by atoms with Gasteiger partial charge in [-0.15, -0.1) is 0 Å². The molecular formula is C21H25ClN2O4. The number of nitrogens with one attached hydrogen (secondary N) is 1. The van der Waals surface area contributed by atoms with Crippen LogP contribution in [0.4, 0.5) is 5.69 Å². The van der Waals surface area contributed by atoms with Crippen molar-refractivity contribution in [3.8, 4) is 11.5 Å². The van der Waals surface area contributed by atoms with Crippen LogP contribution in [0.2, 0.25) is 5.02 Å². The van der Waals surface area contributed by atoms with Gasteiger partial charge in [-0.2, -0.15) is 0 Å². The molecule has 1 unspecified atom stereocenters. The number of halogens is 1. The van der Waals surface area contributed by atoms with E-state index >= 15 is 0 Å². The minimum absolute atomic E-state index is 0.155. The normalized spacial score (nSPS) is 15.1. The van der Waals surface area contributed by atoms with E-state index in [-0.39, 0.29) is 11.9 Å². The minimum atomic E-state index is -0.229. The maximum Gasteiger partial charge on any atom is 0.251 e. The molecule has 28 heavy (non-hydrogen) atoms. The molecule has 150 valence electrons. The second-order valence-electron chi connectivity index (χ2n) is 6.58. The van der Waals surface area contributed by atoms with Crippen molar-refractivity contribution < 1.29 is 19.0 Å². The number of hydrogen-bond donors (Lipinski definition) is 1. The maximum atomic E-state index is 12.7. The Labute approximate surface area is 170 Å². The molecule has 1 amide bonds. The molecule has 1 fully saturated rings. The van der Waals surface area contributed by atoms with Crippen LogP contribution in [-0.2, 0) is 4.74 Å². The second-order valence-corrected chi connectivity index (χ2v) is 6.99. The summed E-state index contributed by atoms with van der Waals surface area (Å²) >= 11 is 6.20. The smallest absolute Gasteiger partial charge is 0.251 e.